The highest BCUT2D eigenvalue weighted by Gasteiger charge is 2.23. The number of ether oxygens (including phenoxy) is 2. The lowest BCUT2D eigenvalue weighted by molar-refractivity contribution is -0.0436. The second-order valence-corrected chi connectivity index (χ2v) is 4.19. The number of nitrogens with one attached hydrogen (secondary N) is 1. The lowest BCUT2D eigenvalue weighted by Crippen LogP contribution is -2.49. The van der Waals surface area contributed by atoms with Crippen molar-refractivity contribution in [1.29, 1.82) is 0 Å². The fourth-order valence-corrected chi connectivity index (χ4v) is 1.16. The number of rotatable bonds is 5. The largest absolute Gasteiger partial charge is 0.384 e. The van der Waals surface area contributed by atoms with Crippen LogP contribution in [0.1, 0.15) is 13.8 Å². The Morgan fingerprint density at radius 1 is 1.33 bits per heavy atom. The van der Waals surface area contributed by atoms with E-state index in [0.29, 0.717) is 6.10 Å². The van der Waals surface area contributed by atoms with Crippen molar-refractivity contribution in [2.45, 2.75) is 20.0 Å². The highest BCUT2D eigenvalue weighted by Crippen LogP contribution is 2.16. The van der Waals surface area contributed by atoms with Crippen molar-refractivity contribution >= 4 is 0 Å². The Morgan fingerprint density at radius 3 is 2.42 bits per heavy atom. The molecule has 0 amide bonds. The lowest BCUT2D eigenvalue weighted by Gasteiger charge is -2.31. The first kappa shape index (κ1) is 9.96. The molecule has 0 bridgehead atoms. The summed E-state index contributed by atoms with van der Waals surface area (Å²) in [5.41, 5.74) is 0.143. The Labute approximate surface area is 74.4 Å². The van der Waals surface area contributed by atoms with Gasteiger partial charge in [0.1, 0.15) is 0 Å². The van der Waals surface area contributed by atoms with E-state index in [1.54, 1.807) is 7.11 Å². The van der Waals surface area contributed by atoms with Crippen molar-refractivity contribution in [3.8, 4) is 0 Å². The van der Waals surface area contributed by atoms with Crippen molar-refractivity contribution in [2.24, 2.45) is 5.41 Å². The smallest absolute Gasteiger partial charge is 0.0823 e. The molecule has 1 fully saturated rings. The summed E-state index contributed by atoms with van der Waals surface area (Å²) in [6.45, 7) is 7.86. The standard InChI is InChI=1S/C9H19NO2/c1-9(2,6-11-3)7-12-8-4-10-5-8/h8,10H,4-7H2,1-3H3. The maximum absolute atomic E-state index is 5.65. The van der Waals surface area contributed by atoms with E-state index in [9.17, 15) is 0 Å². The highest BCUT2D eigenvalue weighted by molar-refractivity contribution is 4.76. The van der Waals surface area contributed by atoms with Crippen LogP contribution in [0.15, 0.2) is 0 Å². The normalized spacial score (nSPS) is 19.2. The molecular weight excluding hydrogens is 154 g/mol. The monoisotopic (exact) mass is 173 g/mol. The molecule has 0 aromatic rings. The summed E-state index contributed by atoms with van der Waals surface area (Å²) in [6.07, 6.45) is 0.432. The maximum Gasteiger partial charge on any atom is 0.0823 e. The summed E-state index contributed by atoms with van der Waals surface area (Å²) in [6, 6.07) is 0. The van der Waals surface area contributed by atoms with Crippen LogP contribution in [0.5, 0.6) is 0 Å². The third kappa shape index (κ3) is 3.09. The van der Waals surface area contributed by atoms with E-state index in [1.807, 2.05) is 0 Å². The molecular formula is C9H19NO2. The van der Waals surface area contributed by atoms with Crippen LogP contribution in [0.4, 0.5) is 0 Å². The zero-order valence-corrected chi connectivity index (χ0v) is 8.22. The molecule has 1 saturated heterocycles. The predicted molar refractivity (Wildman–Crippen MR) is 48.3 cm³/mol. The van der Waals surface area contributed by atoms with E-state index in [1.165, 1.54) is 0 Å². The molecule has 1 heterocycles. The Kier molecular flexibility index (Phi) is 3.50. The van der Waals surface area contributed by atoms with E-state index < -0.39 is 0 Å². The van der Waals surface area contributed by atoms with Crippen molar-refractivity contribution in [3.63, 3.8) is 0 Å². The fourth-order valence-electron chi connectivity index (χ4n) is 1.16. The summed E-state index contributed by atoms with van der Waals surface area (Å²) in [4.78, 5) is 0. The second-order valence-electron chi connectivity index (χ2n) is 4.19. The third-order valence-electron chi connectivity index (χ3n) is 1.99. The van der Waals surface area contributed by atoms with Crippen molar-refractivity contribution in [3.05, 3.63) is 0 Å². The lowest BCUT2D eigenvalue weighted by atomic mass is 9.96. The van der Waals surface area contributed by atoms with Crippen molar-refractivity contribution in [2.75, 3.05) is 33.4 Å². The summed E-state index contributed by atoms with van der Waals surface area (Å²) in [7, 11) is 1.73. The van der Waals surface area contributed by atoms with Crippen LogP contribution in [0.3, 0.4) is 0 Å². The van der Waals surface area contributed by atoms with Gasteiger partial charge >= 0.3 is 0 Å². The van der Waals surface area contributed by atoms with Gasteiger partial charge in [0.25, 0.3) is 0 Å². The Balaban J connectivity index is 2.10. The number of hydrogen-bond donors (Lipinski definition) is 1. The van der Waals surface area contributed by atoms with Crippen LogP contribution < -0.4 is 5.32 Å². The van der Waals surface area contributed by atoms with Gasteiger partial charge in [0.2, 0.25) is 0 Å². The molecule has 0 unspecified atom stereocenters. The highest BCUT2D eigenvalue weighted by atomic mass is 16.5. The first-order valence-corrected chi connectivity index (χ1v) is 4.45. The molecule has 0 atom stereocenters. The van der Waals surface area contributed by atoms with Crippen molar-refractivity contribution in [1.82, 2.24) is 5.32 Å². The van der Waals surface area contributed by atoms with Crippen LogP contribution in [0, 0.1) is 5.41 Å². The molecule has 3 heteroatoms. The van der Waals surface area contributed by atoms with E-state index in [4.69, 9.17) is 9.47 Å². The molecule has 1 rings (SSSR count). The molecule has 0 aromatic carbocycles. The summed E-state index contributed by atoms with van der Waals surface area (Å²) in [5.74, 6) is 0. The topological polar surface area (TPSA) is 30.5 Å². The molecule has 12 heavy (non-hydrogen) atoms. The first-order chi connectivity index (χ1) is 5.64. The van der Waals surface area contributed by atoms with E-state index in [2.05, 4.69) is 19.2 Å². The van der Waals surface area contributed by atoms with Crippen LogP contribution in [0.2, 0.25) is 0 Å². The van der Waals surface area contributed by atoms with Crippen molar-refractivity contribution < 1.29 is 9.47 Å². The first-order valence-electron chi connectivity index (χ1n) is 4.45. The van der Waals surface area contributed by atoms with Gasteiger partial charge in [-0.2, -0.15) is 0 Å². The quantitative estimate of drug-likeness (QED) is 0.662. The number of methoxy groups -OCH3 is 1. The van der Waals surface area contributed by atoms with Gasteiger partial charge in [-0.15, -0.1) is 0 Å². The van der Waals surface area contributed by atoms with Gasteiger partial charge in [0, 0.05) is 25.6 Å². The molecule has 0 aliphatic carbocycles. The number of hydrogen-bond acceptors (Lipinski definition) is 3. The molecule has 3 nitrogen and oxygen atoms in total. The van der Waals surface area contributed by atoms with E-state index >= 15 is 0 Å². The molecule has 0 spiro atoms. The average Bonchev–Trinajstić information content (AvgIpc) is 1.82. The average molecular weight is 173 g/mol. The Hall–Kier alpha value is -0.120. The fraction of sp³-hybridized carbons (Fsp3) is 1.00. The van der Waals surface area contributed by atoms with Gasteiger partial charge in [-0.3, -0.25) is 0 Å². The molecule has 72 valence electrons. The maximum atomic E-state index is 5.65. The summed E-state index contributed by atoms with van der Waals surface area (Å²) in [5, 5.41) is 3.17. The van der Waals surface area contributed by atoms with Gasteiger partial charge in [-0.05, 0) is 0 Å². The zero-order valence-electron chi connectivity index (χ0n) is 8.22. The zero-order chi connectivity index (χ0) is 9.03. The third-order valence-corrected chi connectivity index (χ3v) is 1.99. The van der Waals surface area contributed by atoms with Crippen LogP contribution in [-0.2, 0) is 9.47 Å². The van der Waals surface area contributed by atoms with Gasteiger partial charge in [-0.1, -0.05) is 13.8 Å². The minimum atomic E-state index is 0.143. The Morgan fingerprint density at radius 2 is 2.00 bits per heavy atom. The molecule has 1 aliphatic heterocycles. The minimum Gasteiger partial charge on any atom is -0.384 e. The van der Waals surface area contributed by atoms with Gasteiger partial charge in [0.15, 0.2) is 0 Å². The predicted octanol–water partition coefficient (Wildman–Crippen LogP) is 0.647. The SMILES string of the molecule is COCC(C)(C)COC1CNC1. The van der Waals surface area contributed by atoms with Crippen LogP contribution in [0.25, 0.3) is 0 Å². The van der Waals surface area contributed by atoms with Crippen LogP contribution in [-0.4, -0.2) is 39.5 Å². The van der Waals surface area contributed by atoms with Gasteiger partial charge in [0.05, 0.1) is 19.3 Å². The van der Waals surface area contributed by atoms with E-state index in [-0.39, 0.29) is 5.41 Å². The molecule has 0 aromatic heterocycles. The molecule has 0 saturated carbocycles. The Bertz CT molecular complexity index is 132. The summed E-state index contributed by atoms with van der Waals surface area (Å²) < 4.78 is 10.7. The van der Waals surface area contributed by atoms with E-state index in [0.717, 1.165) is 26.3 Å². The molecule has 1 N–H and O–H groups in total. The van der Waals surface area contributed by atoms with Gasteiger partial charge in [-0.25, -0.2) is 0 Å². The molecule has 0 radical (unpaired) electrons. The van der Waals surface area contributed by atoms with Gasteiger partial charge < -0.3 is 14.8 Å². The minimum absolute atomic E-state index is 0.143. The second kappa shape index (κ2) is 4.21. The van der Waals surface area contributed by atoms with Crippen LogP contribution >= 0.6 is 0 Å². The molecule has 1 aliphatic rings. The summed E-state index contributed by atoms with van der Waals surface area (Å²) >= 11 is 0.